The average Bonchev–Trinajstić information content (AvgIpc) is 2.33. The Hall–Kier alpha value is -1.02. The number of hydrogen-bond donors (Lipinski definition) is 1. The van der Waals surface area contributed by atoms with Crippen LogP contribution in [0.15, 0.2) is 29.3 Å². The molecule has 0 unspecified atom stereocenters. The van der Waals surface area contributed by atoms with E-state index in [9.17, 15) is 0 Å². The lowest BCUT2D eigenvalue weighted by Gasteiger charge is -2.20. The van der Waals surface area contributed by atoms with Gasteiger partial charge < -0.3 is 5.73 Å². The third kappa shape index (κ3) is 2.99. The van der Waals surface area contributed by atoms with Gasteiger partial charge in [-0.15, -0.1) is 0 Å². The highest BCUT2D eigenvalue weighted by Crippen LogP contribution is 2.25. The van der Waals surface area contributed by atoms with Gasteiger partial charge in [-0.05, 0) is 37.1 Å². The summed E-state index contributed by atoms with van der Waals surface area (Å²) in [6, 6.07) is 7.49. The monoisotopic (exact) mass is 236 g/mol. The fraction of sp³-hybridized carbons (Fsp3) is 0.462. The van der Waals surface area contributed by atoms with Crippen molar-refractivity contribution in [1.82, 2.24) is 0 Å². The van der Waals surface area contributed by atoms with E-state index in [0.717, 1.165) is 16.5 Å². The molecule has 2 rings (SSSR count). The molecule has 1 aromatic rings. The van der Waals surface area contributed by atoms with E-state index >= 15 is 0 Å². The number of nitrogens with two attached hydrogens (primary N) is 1. The van der Waals surface area contributed by atoms with Crippen LogP contribution in [0.25, 0.3) is 0 Å². The molecule has 0 heterocycles. The number of nitrogens with zero attached hydrogens (tertiary/aromatic N) is 1. The number of rotatable bonds is 2. The van der Waals surface area contributed by atoms with Crippen molar-refractivity contribution >= 4 is 23.1 Å². The highest BCUT2D eigenvalue weighted by molar-refractivity contribution is 6.30. The molecule has 0 aromatic heterocycles. The third-order valence-electron chi connectivity index (χ3n) is 3.11. The molecule has 0 amide bonds. The van der Waals surface area contributed by atoms with Gasteiger partial charge in [0.1, 0.15) is 5.84 Å². The lowest BCUT2D eigenvalue weighted by atomic mass is 9.88. The minimum atomic E-state index is 0.476. The van der Waals surface area contributed by atoms with Crippen LogP contribution in [-0.2, 0) is 0 Å². The van der Waals surface area contributed by atoms with Gasteiger partial charge >= 0.3 is 0 Å². The lowest BCUT2D eigenvalue weighted by molar-refractivity contribution is 0.437. The minimum absolute atomic E-state index is 0.476. The minimum Gasteiger partial charge on any atom is -0.387 e. The first-order chi connectivity index (χ1) is 7.75. The summed E-state index contributed by atoms with van der Waals surface area (Å²) in [5, 5.41) is 0.732. The molecule has 0 bridgehead atoms. The molecular weight excluding hydrogens is 220 g/mol. The Morgan fingerprint density at radius 3 is 2.38 bits per heavy atom. The fourth-order valence-electron chi connectivity index (χ4n) is 2.15. The highest BCUT2D eigenvalue weighted by Gasteiger charge is 2.16. The van der Waals surface area contributed by atoms with E-state index in [1.165, 1.54) is 32.1 Å². The molecule has 1 saturated carbocycles. The molecule has 1 aliphatic carbocycles. The van der Waals surface area contributed by atoms with E-state index in [1.54, 1.807) is 0 Å². The number of benzene rings is 1. The van der Waals surface area contributed by atoms with E-state index in [-0.39, 0.29) is 0 Å². The van der Waals surface area contributed by atoms with Crippen molar-refractivity contribution in [2.75, 3.05) is 0 Å². The molecule has 0 atom stereocenters. The first-order valence-corrected chi connectivity index (χ1v) is 6.23. The third-order valence-corrected chi connectivity index (χ3v) is 3.36. The second-order valence-electron chi connectivity index (χ2n) is 4.35. The molecule has 0 spiro atoms. The maximum atomic E-state index is 6.04. The first-order valence-electron chi connectivity index (χ1n) is 5.85. The van der Waals surface area contributed by atoms with Crippen LogP contribution in [0.1, 0.15) is 32.1 Å². The molecule has 1 aromatic carbocycles. The van der Waals surface area contributed by atoms with Gasteiger partial charge in [-0.2, -0.15) is 0 Å². The normalized spacial score (nSPS) is 18.7. The van der Waals surface area contributed by atoms with Crippen LogP contribution in [-0.4, -0.2) is 5.84 Å². The quantitative estimate of drug-likeness (QED) is 0.614. The van der Waals surface area contributed by atoms with Crippen molar-refractivity contribution in [2.24, 2.45) is 16.6 Å². The van der Waals surface area contributed by atoms with Crippen LogP contribution >= 0.6 is 11.6 Å². The lowest BCUT2D eigenvalue weighted by Crippen LogP contribution is -2.25. The Labute approximate surface area is 102 Å². The van der Waals surface area contributed by atoms with Crippen LogP contribution in [0.4, 0.5) is 5.69 Å². The predicted molar refractivity (Wildman–Crippen MR) is 69.3 cm³/mol. The summed E-state index contributed by atoms with van der Waals surface area (Å²) in [5.74, 6) is 1.26. The number of aliphatic imine (C=N–C) groups is 1. The van der Waals surface area contributed by atoms with Crippen LogP contribution in [0.3, 0.4) is 0 Å². The van der Waals surface area contributed by atoms with Crippen LogP contribution in [0.2, 0.25) is 5.02 Å². The Morgan fingerprint density at radius 2 is 1.75 bits per heavy atom. The highest BCUT2D eigenvalue weighted by atomic mass is 35.5. The molecule has 1 aliphatic rings. The van der Waals surface area contributed by atoms with E-state index in [1.807, 2.05) is 24.3 Å². The van der Waals surface area contributed by atoms with Gasteiger partial charge in [0.2, 0.25) is 0 Å². The van der Waals surface area contributed by atoms with Crippen molar-refractivity contribution in [3.63, 3.8) is 0 Å². The SMILES string of the molecule is NC(=Nc1ccc(Cl)cc1)C1CCCCC1. The largest absolute Gasteiger partial charge is 0.387 e. The zero-order valence-corrected chi connectivity index (χ0v) is 10.1. The topological polar surface area (TPSA) is 38.4 Å². The van der Waals surface area contributed by atoms with Gasteiger partial charge in [-0.1, -0.05) is 30.9 Å². The molecule has 0 aliphatic heterocycles. The number of amidine groups is 1. The molecule has 86 valence electrons. The maximum absolute atomic E-state index is 6.04. The van der Waals surface area contributed by atoms with E-state index in [2.05, 4.69) is 4.99 Å². The van der Waals surface area contributed by atoms with E-state index < -0.39 is 0 Å². The summed E-state index contributed by atoms with van der Waals surface area (Å²) in [6.07, 6.45) is 6.26. The van der Waals surface area contributed by atoms with Gasteiger partial charge in [0, 0.05) is 10.9 Å². The molecule has 16 heavy (non-hydrogen) atoms. The molecule has 3 heteroatoms. The zero-order valence-electron chi connectivity index (χ0n) is 9.32. The Bertz CT molecular complexity index is 364. The maximum Gasteiger partial charge on any atom is 0.103 e. The Balaban J connectivity index is 2.07. The fourth-order valence-corrected chi connectivity index (χ4v) is 2.28. The van der Waals surface area contributed by atoms with Crippen molar-refractivity contribution in [3.05, 3.63) is 29.3 Å². The van der Waals surface area contributed by atoms with Crippen molar-refractivity contribution < 1.29 is 0 Å². The second kappa shape index (κ2) is 5.35. The second-order valence-corrected chi connectivity index (χ2v) is 4.78. The molecule has 0 saturated heterocycles. The molecule has 1 fully saturated rings. The number of halogens is 1. The van der Waals surface area contributed by atoms with Gasteiger partial charge in [0.05, 0.1) is 5.69 Å². The standard InChI is InChI=1S/C13H17ClN2/c14-11-6-8-12(9-7-11)16-13(15)10-4-2-1-3-5-10/h6-10H,1-5H2,(H2,15,16). The van der Waals surface area contributed by atoms with Crippen molar-refractivity contribution in [1.29, 1.82) is 0 Å². The molecule has 2 N–H and O–H groups in total. The van der Waals surface area contributed by atoms with Gasteiger partial charge in [0.25, 0.3) is 0 Å². The average molecular weight is 237 g/mol. The zero-order chi connectivity index (χ0) is 11.4. The Morgan fingerprint density at radius 1 is 1.12 bits per heavy atom. The summed E-state index contributed by atoms with van der Waals surface area (Å²) >= 11 is 5.82. The van der Waals surface area contributed by atoms with Crippen LogP contribution in [0, 0.1) is 5.92 Å². The van der Waals surface area contributed by atoms with Gasteiger partial charge in [-0.25, -0.2) is 4.99 Å². The van der Waals surface area contributed by atoms with E-state index in [0.29, 0.717) is 5.92 Å². The van der Waals surface area contributed by atoms with Crippen LogP contribution in [0.5, 0.6) is 0 Å². The van der Waals surface area contributed by atoms with Crippen molar-refractivity contribution in [3.8, 4) is 0 Å². The summed E-state index contributed by atoms with van der Waals surface area (Å²) < 4.78 is 0. The number of hydrogen-bond acceptors (Lipinski definition) is 1. The molecule has 0 radical (unpaired) electrons. The molecular formula is C13H17ClN2. The summed E-state index contributed by atoms with van der Waals surface area (Å²) in [5.41, 5.74) is 6.93. The summed E-state index contributed by atoms with van der Waals surface area (Å²) in [7, 11) is 0. The van der Waals surface area contributed by atoms with Crippen LogP contribution < -0.4 is 5.73 Å². The Kier molecular flexibility index (Phi) is 3.83. The van der Waals surface area contributed by atoms with Gasteiger partial charge in [0.15, 0.2) is 0 Å². The smallest absolute Gasteiger partial charge is 0.103 e. The summed E-state index contributed by atoms with van der Waals surface area (Å²) in [6.45, 7) is 0. The van der Waals surface area contributed by atoms with Gasteiger partial charge in [-0.3, -0.25) is 0 Å². The van der Waals surface area contributed by atoms with E-state index in [4.69, 9.17) is 17.3 Å². The predicted octanol–water partition coefficient (Wildman–Crippen LogP) is 3.91. The first kappa shape index (κ1) is 11.5. The van der Waals surface area contributed by atoms with Crippen molar-refractivity contribution in [2.45, 2.75) is 32.1 Å². The summed E-state index contributed by atoms with van der Waals surface area (Å²) in [4.78, 5) is 4.46. The molecule has 2 nitrogen and oxygen atoms in total.